The minimum absolute atomic E-state index is 0.0440. The van der Waals surface area contributed by atoms with Gasteiger partial charge in [0.2, 0.25) is 0 Å². The fraction of sp³-hybridized carbons (Fsp3) is 0.250. The molecular weight excluding hydrogens is 331 g/mol. The standard InChI is InChI=1S/C20H19FN4O/c21-16-7-2-1-6-15(16)18-9-3-8-17(23-18)14-5-4-12-25(13-14)20(26)19-10-11-22-24-19/h1-3,6-11,14H,4-5,12-13H2,(H,22,24). The van der Waals surface area contributed by atoms with Crippen LogP contribution in [0.3, 0.4) is 0 Å². The largest absolute Gasteiger partial charge is 0.337 e. The molecule has 132 valence electrons. The number of rotatable bonds is 3. The van der Waals surface area contributed by atoms with E-state index in [0.29, 0.717) is 23.5 Å². The Labute approximate surface area is 150 Å². The van der Waals surface area contributed by atoms with Gasteiger partial charge in [-0.15, -0.1) is 0 Å². The number of halogens is 1. The maximum atomic E-state index is 14.1. The Kier molecular flexibility index (Phi) is 4.48. The van der Waals surface area contributed by atoms with Gasteiger partial charge in [0.25, 0.3) is 5.91 Å². The van der Waals surface area contributed by atoms with Crippen LogP contribution in [0.25, 0.3) is 11.3 Å². The molecule has 1 aliphatic rings. The summed E-state index contributed by atoms with van der Waals surface area (Å²) in [5.74, 6) is -0.184. The van der Waals surface area contributed by atoms with E-state index in [9.17, 15) is 9.18 Å². The van der Waals surface area contributed by atoms with Crippen LogP contribution in [0.5, 0.6) is 0 Å². The lowest BCUT2D eigenvalue weighted by atomic mass is 9.93. The number of piperidine rings is 1. The number of nitrogens with one attached hydrogen (secondary N) is 1. The summed E-state index contributed by atoms with van der Waals surface area (Å²) >= 11 is 0. The molecule has 0 radical (unpaired) electrons. The lowest BCUT2D eigenvalue weighted by Crippen LogP contribution is -2.39. The van der Waals surface area contributed by atoms with Crippen LogP contribution in [0.4, 0.5) is 4.39 Å². The molecule has 5 nitrogen and oxygen atoms in total. The van der Waals surface area contributed by atoms with E-state index in [1.54, 1.807) is 30.5 Å². The van der Waals surface area contributed by atoms with Gasteiger partial charge in [-0.05, 0) is 43.2 Å². The van der Waals surface area contributed by atoms with Gasteiger partial charge in [-0.25, -0.2) is 4.39 Å². The van der Waals surface area contributed by atoms with E-state index in [2.05, 4.69) is 15.2 Å². The van der Waals surface area contributed by atoms with Gasteiger partial charge in [0.15, 0.2) is 0 Å². The van der Waals surface area contributed by atoms with Crippen LogP contribution >= 0.6 is 0 Å². The van der Waals surface area contributed by atoms with Gasteiger partial charge in [-0.3, -0.25) is 14.9 Å². The number of hydrogen-bond donors (Lipinski definition) is 1. The fourth-order valence-corrected chi connectivity index (χ4v) is 3.45. The van der Waals surface area contributed by atoms with Crippen molar-refractivity contribution in [3.8, 4) is 11.3 Å². The van der Waals surface area contributed by atoms with Crippen molar-refractivity contribution in [2.75, 3.05) is 13.1 Å². The molecule has 6 heteroatoms. The van der Waals surface area contributed by atoms with Crippen molar-refractivity contribution < 1.29 is 9.18 Å². The second-order valence-corrected chi connectivity index (χ2v) is 6.49. The smallest absolute Gasteiger partial charge is 0.271 e. The van der Waals surface area contributed by atoms with Crippen molar-refractivity contribution in [2.45, 2.75) is 18.8 Å². The Morgan fingerprint density at radius 3 is 2.85 bits per heavy atom. The molecule has 3 heterocycles. The van der Waals surface area contributed by atoms with E-state index >= 15 is 0 Å². The van der Waals surface area contributed by atoms with Crippen LogP contribution in [0, 0.1) is 5.82 Å². The summed E-state index contributed by atoms with van der Waals surface area (Å²) in [7, 11) is 0. The quantitative estimate of drug-likeness (QED) is 0.785. The Morgan fingerprint density at radius 1 is 1.15 bits per heavy atom. The van der Waals surface area contributed by atoms with E-state index in [1.165, 1.54) is 6.07 Å². The molecule has 1 N–H and O–H groups in total. The third-order valence-electron chi connectivity index (χ3n) is 4.78. The highest BCUT2D eigenvalue weighted by atomic mass is 19.1. The summed E-state index contributed by atoms with van der Waals surface area (Å²) in [4.78, 5) is 19.1. The molecular formula is C20H19FN4O. The predicted molar refractivity (Wildman–Crippen MR) is 96.1 cm³/mol. The molecule has 2 aromatic heterocycles. The zero-order valence-electron chi connectivity index (χ0n) is 14.2. The second kappa shape index (κ2) is 7.07. The number of carbonyl (C=O) groups excluding carboxylic acids is 1. The number of aromatic nitrogens is 3. The lowest BCUT2D eigenvalue weighted by molar-refractivity contribution is 0.0700. The first-order chi connectivity index (χ1) is 12.7. The van der Waals surface area contributed by atoms with Crippen LogP contribution in [-0.2, 0) is 0 Å². The highest BCUT2D eigenvalue weighted by Gasteiger charge is 2.27. The van der Waals surface area contributed by atoms with Crippen molar-refractivity contribution in [2.24, 2.45) is 0 Å². The Bertz CT molecular complexity index is 910. The van der Waals surface area contributed by atoms with Crippen molar-refractivity contribution in [3.05, 3.63) is 71.9 Å². The van der Waals surface area contributed by atoms with Crippen molar-refractivity contribution in [3.63, 3.8) is 0 Å². The first-order valence-electron chi connectivity index (χ1n) is 8.73. The van der Waals surface area contributed by atoms with E-state index < -0.39 is 0 Å². The zero-order chi connectivity index (χ0) is 17.9. The summed E-state index contributed by atoms with van der Waals surface area (Å²) in [6, 6.07) is 14.0. The first-order valence-corrected chi connectivity index (χ1v) is 8.73. The molecule has 0 aliphatic carbocycles. The lowest BCUT2D eigenvalue weighted by Gasteiger charge is -2.32. The molecule has 3 aromatic rings. The molecule has 1 saturated heterocycles. The van der Waals surface area contributed by atoms with Crippen molar-refractivity contribution in [1.82, 2.24) is 20.1 Å². The molecule has 1 amide bonds. The minimum atomic E-state index is -0.281. The monoisotopic (exact) mass is 350 g/mol. The predicted octanol–water partition coefficient (Wildman–Crippen LogP) is 3.63. The number of H-pyrrole nitrogens is 1. The molecule has 1 aromatic carbocycles. The maximum absolute atomic E-state index is 14.1. The van der Waals surface area contributed by atoms with Crippen LogP contribution < -0.4 is 0 Å². The van der Waals surface area contributed by atoms with Gasteiger partial charge >= 0.3 is 0 Å². The first kappa shape index (κ1) is 16.4. The third kappa shape index (κ3) is 3.22. The molecule has 0 spiro atoms. The normalized spacial score (nSPS) is 17.3. The summed E-state index contributed by atoms with van der Waals surface area (Å²) < 4.78 is 14.1. The summed E-state index contributed by atoms with van der Waals surface area (Å²) in [6.45, 7) is 1.33. The molecule has 0 saturated carbocycles. The Balaban J connectivity index is 1.57. The number of hydrogen-bond acceptors (Lipinski definition) is 3. The van der Waals surface area contributed by atoms with Crippen molar-refractivity contribution >= 4 is 5.91 Å². The van der Waals surface area contributed by atoms with Gasteiger partial charge < -0.3 is 4.90 Å². The molecule has 1 fully saturated rings. The molecule has 1 aliphatic heterocycles. The zero-order valence-corrected chi connectivity index (χ0v) is 14.2. The van der Waals surface area contributed by atoms with Gasteiger partial charge in [-0.2, -0.15) is 5.10 Å². The average molecular weight is 350 g/mol. The number of amides is 1. The third-order valence-corrected chi connectivity index (χ3v) is 4.78. The fourth-order valence-electron chi connectivity index (χ4n) is 3.45. The van der Waals surface area contributed by atoms with Crippen LogP contribution in [0.2, 0.25) is 0 Å². The number of pyridine rings is 1. The molecule has 4 rings (SSSR count). The number of benzene rings is 1. The summed E-state index contributed by atoms with van der Waals surface area (Å²) in [5.41, 5.74) is 2.51. The molecule has 1 atom stereocenters. The molecule has 1 unspecified atom stereocenters. The summed E-state index contributed by atoms with van der Waals surface area (Å²) in [5, 5.41) is 6.58. The minimum Gasteiger partial charge on any atom is -0.337 e. The van der Waals surface area contributed by atoms with Crippen molar-refractivity contribution in [1.29, 1.82) is 0 Å². The van der Waals surface area contributed by atoms with E-state index in [-0.39, 0.29) is 17.6 Å². The van der Waals surface area contributed by atoms with Gasteiger partial charge in [0, 0.05) is 36.5 Å². The number of nitrogens with zero attached hydrogens (tertiary/aromatic N) is 3. The Morgan fingerprint density at radius 2 is 2.04 bits per heavy atom. The van der Waals surface area contributed by atoms with Gasteiger partial charge in [0.05, 0.1) is 5.69 Å². The average Bonchev–Trinajstić information content (AvgIpc) is 3.23. The van der Waals surface area contributed by atoms with E-state index in [0.717, 1.165) is 25.1 Å². The van der Waals surface area contributed by atoms with Crippen LogP contribution in [0.1, 0.15) is 34.9 Å². The van der Waals surface area contributed by atoms with Crippen LogP contribution in [0.15, 0.2) is 54.7 Å². The van der Waals surface area contributed by atoms with E-state index in [1.807, 2.05) is 23.1 Å². The second-order valence-electron chi connectivity index (χ2n) is 6.49. The maximum Gasteiger partial charge on any atom is 0.271 e. The van der Waals surface area contributed by atoms with Gasteiger partial charge in [0.1, 0.15) is 11.5 Å². The highest BCUT2D eigenvalue weighted by molar-refractivity contribution is 5.92. The summed E-state index contributed by atoms with van der Waals surface area (Å²) in [6.07, 6.45) is 3.45. The SMILES string of the molecule is O=C(c1ccn[nH]1)N1CCCC(c2cccc(-c3ccccc3F)n2)C1. The van der Waals surface area contributed by atoms with E-state index in [4.69, 9.17) is 0 Å². The number of likely N-dealkylation sites (tertiary alicyclic amines) is 1. The topological polar surface area (TPSA) is 61.9 Å². The molecule has 0 bridgehead atoms. The number of aromatic amines is 1. The van der Waals surface area contributed by atoms with Gasteiger partial charge in [-0.1, -0.05) is 18.2 Å². The Hall–Kier alpha value is -3.02. The van der Waals surface area contributed by atoms with Crippen LogP contribution in [-0.4, -0.2) is 39.1 Å². The molecule has 26 heavy (non-hydrogen) atoms. The number of carbonyl (C=O) groups is 1. The highest BCUT2D eigenvalue weighted by Crippen LogP contribution is 2.29.